The van der Waals surface area contributed by atoms with Crippen LogP contribution in [0.4, 0.5) is 0 Å². The second-order valence-electron chi connectivity index (χ2n) is 6.63. The Morgan fingerprint density at radius 2 is 2.04 bits per heavy atom. The number of carbonyl (C=O) groups excluding carboxylic acids is 2. The Kier molecular flexibility index (Phi) is 3.27. The van der Waals surface area contributed by atoms with Crippen LogP contribution in [0.15, 0.2) is 22.8 Å². The second-order valence-corrected chi connectivity index (χ2v) is 6.63. The van der Waals surface area contributed by atoms with Crippen molar-refractivity contribution in [2.24, 2.45) is 0 Å². The zero-order chi connectivity index (χ0) is 17.1. The molecule has 1 unspecified atom stereocenters. The van der Waals surface area contributed by atoms with E-state index < -0.39 is 5.60 Å². The number of aliphatic hydroxyl groups excluding tert-OH is 1. The van der Waals surface area contributed by atoms with Crippen LogP contribution in [0.5, 0.6) is 0 Å². The first kappa shape index (κ1) is 15.3. The number of rotatable bonds is 3. The molecular formula is C19H18O5. The van der Waals surface area contributed by atoms with Crippen LogP contribution >= 0.6 is 0 Å². The first-order chi connectivity index (χ1) is 11.5. The number of benzene rings is 1. The summed E-state index contributed by atoms with van der Waals surface area (Å²) in [6, 6.07) is 3.39. The van der Waals surface area contributed by atoms with Crippen molar-refractivity contribution in [3.05, 3.63) is 57.5 Å². The average Bonchev–Trinajstić information content (AvgIpc) is 3.15. The standard InChI is InChI=1S/C19H18O5/c1-19(23)13-6-4-11-12(5-7-14(11)21)15(13)17(22)18-16(19)10(9-24-18)3-2-8-20/h4,6,9,20,23H,2-3,5,7-8H2,1H3. The molecule has 0 fully saturated rings. The first-order valence-electron chi connectivity index (χ1n) is 8.15. The largest absolute Gasteiger partial charge is 0.460 e. The van der Waals surface area contributed by atoms with Crippen molar-refractivity contribution < 1.29 is 24.2 Å². The summed E-state index contributed by atoms with van der Waals surface area (Å²) in [4.78, 5) is 25.0. The molecule has 0 saturated carbocycles. The fourth-order valence-corrected chi connectivity index (χ4v) is 4.00. The highest BCUT2D eigenvalue weighted by atomic mass is 16.3. The van der Waals surface area contributed by atoms with E-state index in [1.807, 2.05) is 0 Å². The highest BCUT2D eigenvalue weighted by molar-refractivity contribution is 6.15. The molecule has 5 nitrogen and oxygen atoms in total. The van der Waals surface area contributed by atoms with Gasteiger partial charge in [-0.05, 0) is 42.9 Å². The van der Waals surface area contributed by atoms with Crippen molar-refractivity contribution in [1.29, 1.82) is 0 Å². The maximum absolute atomic E-state index is 13.0. The highest BCUT2D eigenvalue weighted by Gasteiger charge is 2.45. The van der Waals surface area contributed by atoms with Crippen molar-refractivity contribution in [2.45, 2.75) is 38.2 Å². The molecule has 2 aliphatic carbocycles. The van der Waals surface area contributed by atoms with Gasteiger partial charge in [0.15, 0.2) is 11.5 Å². The van der Waals surface area contributed by atoms with Gasteiger partial charge in [0.05, 0.1) is 6.26 Å². The van der Waals surface area contributed by atoms with Gasteiger partial charge in [-0.2, -0.15) is 0 Å². The minimum absolute atomic E-state index is 0.0300. The van der Waals surface area contributed by atoms with Gasteiger partial charge in [-0.25, -0.2) is 0 Å². The van der Waals surface area contributed by atoms with Crippen LogP contribution in [0.1, 0.15) is 68.5 Å². The summed E-state index contributed by atoms with van der Waals surface area (Å²) in [5.74, 6) is -0.0874. The molecule has 1 aromatic heterocycles. The van der Waals surface area contributed by atoms with Crippen molar-refractivity contribution in [3.63, 3.8) is 0 Å². The number of carbonyl (C=O) groups is 2. The Morgan fingerprint density at radius 1 is 1.25 bits per heavy atom. The minimum atomic E-state index is -1.36. The second kappa shape index (κ2) is 5.13. The Balaban J connectivity index is 1.94. The Hall–Kier alpha value is -2.24. The summed E-state index contributed by atoms with van der Waals surface area (Å²) in [6.07, 6.45) is 3.46. The van der Waals surface area contributed by atoms with Crippen LogP contribution < -0.4 is 0 Å². The maximum Gasteiger partial charge on any atom is 0.229 e. The van der Waals surface area contributed by atoms with Gasteiger partial charge in [0.25, 0.3) is 0 Å². The number of Topliss-reactive ketones (excluding diaryl/α,β-unsaturated/α-hetero) is 1. The van der Waals surface area contributed by atoms with Gasteiger partial charge in [-0.1, -0.05) is 12.1 Å². The molecule has 1 atom stereocenters. The maximum atomic E-state index is 13.0. The molecule has 2 aromatic rings. The van der Waals surface area contributed by atoms with E-state index >= 15 is 0 Å². The van der Waals surface area contributed by atoms with Crippen LogP contribution in [-0.2, 0) is 18.4 Å². The molecule has 1 heterocycles. The highest BCUT2D eigenvalue weighted by Crippen LogP contribution is 2.45. The van der Waals surface area contributed by atoms with E-state index in [0.717, 1.165) is 11.1 Å². The molecule has 0 radical (unpaired) electrons. The van der Waals surface area contributed by atoms with E-state index in [4.69, 9.17) is 9.52 Å². The zero-order valence-corrected chi connectivity index (χ0v) is 13.4. The van der Waals surface area contributed by atoms with E-state index in [-0.39, 0.29) is 23.9 Å². The smallest absolute Gasteiger partial charge is 0.229 e. The van der Waals surface area contributed by atoms with Crippen LogP contribution in [0.2, 0.25) is 0 Å². The molecule has 5 heteroatoms. The summed E-state index contributed by atoms with van der Waals surface area (Å²) < 4.78 is 5.50. The van der Waals surface area contributed by atoms with Crippen LogP contribution in [0.3, 0.4) is 0 Å². The van der Waals surface area contributed by atoms with Crippen LogP contribution in [-0.4, -0.2) is 28.4 Å². The topological polar surface area (TPSA) is 87.7 Å². The third-order valence-corrected chi connectivity index (χ3v) is 5.13. The molecular weight excluding hydrogens is 308 g/mol. The summed E-state index contributed by atoms with van der Waals surface area (Å²) in [5, 5.41) is 20.3. The van der Waals surface area contributed by atoms with Crippen molar-refractivity contribution >= 4 is 11.6 Å². The van der Waals surface area contributed by atoms with Crippen molar-refractivity contribution in [3.8, 4) is 0 Å². The van der Waals surface area contributed by atoms with Crippen LogP contribution in [0, 0.1) is 0 Å². The van der Waals surface area contributed by atoms with Crippen molar-refractivity contribution in [1.82, 2.24) is 0 Å². The van der Waals surface area contributed by atoms with Gasteiger partial charge < -0.3 is 14.6 Å². The Bertz CT molecular complexity index is 872. The molecule has 24 heavy (non-hydrogen) atoms. The molecule has 124 valence electrons. The van der Waals surface area contributed by atoms with E-state index in [1.165, 1.54) is 6.26 Å². The van der Waals surface area contributed by atoms with Gasteiger partial charge in [0.1, 0.15) is 5.60 Å². The fourth-order valence-electron chi connectivity index (χ4n) is 4.00. The lowest BCUT2D eigenvalue weighted by molar-refractivity contribution is 0.0824. The van der Waals surface area contributed by atoms with E-state index in [1.54, 1.807) is 19.1 Å². The van der Waals surface area contributed by atoms with Gasteiger partial charge in [0, 0.05) is 29.7 Å². The van der Waals surface area contributed by atoms with Crippen molar-refractivity contribution in [2.75, 3.05) is 6.61 Å². The molecule has 0 amide bonds. The average molecular weight is 326 g/mol. The molecule has 4 rings (SSSR count). The predicted octanol–water partition coefficient (Wildman–Crippen LogP) is 2.13. The van der Waals surface area contributed by atoms with E-state index in [0.29, 0.717) is 47.9 Å². The molecule has 0 bridgehead atoms. The van der Waals surface area contributed by atoms with Gasteiger partial charge >= 0.3 is 0 Å². The SMILES string of the molecule is CC1(O)c2ccc3c(c2C(=O)c2occ(CCCO)c21)CCC3=O. The summed E-state index contributed by atoms with van der Waals surface area (Å²) in [5.41, 5.74) is 2.10. The third kappa shape index (κ3) is 1.88. The molecule has 1 aromatic carbocycles. The summed E-state index contributed by atoms with van der Waals surface area (Å²) in [7, 11) is 0. The number of ketones is 2. The van der Waals surface area contributed by atoms with Gasteiger partial charge in [-0.3, -0.25) is 9.59 Å². The number of furan rings is 1. The quantitative estimate of drug-likeness (QED) is 0.902. The number of aryl methyl sites for hydroxylation is 1. The number of fused-ring (bicyclic) bond motifs is 4. The predicted molar refractivity (Wildman–Crippen MR) is 85.3 cm³/mol. The summed E-state index contributed by atoms with van der Waals surface area (Å²) >= 11 is 0. The minimum Gasteiger partial charge on any atom is -0.460 e. The Labute approximate surface area is 138 Å². The molecule has 2 aliphatic rings. The van der Waals surface area contributed by atoms with Gasteiger partial charge in [0.2, 0.25) is 5.78 Å². The zero-order valence-electron chi connectivity index (χ0n) is 13.4. The fraction of sp³-hybridized carbons (Fsp3) is 0.368. The lowest BCUT2D eigenvalue weighted by Gasteiger charge is -2.32. The third-order valence-electron chi connectivity index (χ3n) is 5.13. The number of hydrogen-bond donors (Lipinski definition) is 2. The molecule has 0 spiro atoms. The molecule has 0 saturated heterocycles. The number of aliphatic hydroxyl groups is 2. The van der Waals surface area contributed by atoms with E-state index in [2.05, 4.69) is 0 Å². The monoisotopic (exact) mass is 326 g/mol. The first-order valence-corrected chi connectivity index (χ1v) is 8.15. The van der Waals surface area contributed by atoms with E-state index in [9.17, 15) is 14.7 Å². The number of hydrogen-bond acceptors (Lipinski definition) is 5. The molecule has 2 N–H and O–H groups in total. The molecule has 0 aliphatic heterocycles. The van der Waals surface area contributed by atoms with Crippen LogP contribution in [0.25, 0.3) is 0 Å². The Morgan fingerprint density at radius 3 is 2.79 bits per heavy atom. The van der Waals surface area contributed by atoms with Gasteiger partial charge in [-0.15, -0.1) is 0 Å². The lowest BCUT2D eigenvalue weighted by atomic mass is 9.74. The summed E-state index contributed by atoms with van der Waals surface area (Å²) in [6.45, 7) is 1.68. The lowest BCUT2D eigenvalue weighted by Crippen LogP contribution is -2.33. The normalized spacial score (nSPS) is 21.6.